The van der Waals surface area contributed by atoms with Gasteiger partial charge in [0.2, 0.25) is 0 Å². The summed E-state index contributed by atoms with van der Waals surface area (Å²) in [6.45, 7) is 1.51. The number of hydrogen-bond acceptors (Lipinski definition) is 4. The molecule has 3 aromatic rings. The van der Waals surface area contributed by atoms with Crippen molar-refractivity contribution >= 4 is 27.2 Å². The van der Waals surface area contributed by atoms with Gasteiger partial charge in [0, 0.05) is 0 Å². The maximum Gasteiger partial charge on any atom is 0.262 e. The van der Waals surface area contributed by atoms with Crippen LogP contribution in [0.25, 0.3) is 0 Å². The van der Waals surface area contributed by atoms with Crippen molar-refractivity contribution in [3.8, 4) is 0 Å². The highest BCUT2D eigenvalue weighted by Gasteiger charge is 2.17. The normalized spacial score (nSPS) is 11.2. The van der Waals surface area contributed by atoms with Gasteiger partial charge in [-0.1, -0.05) is 12.1 Å². The summed E-state index contributed by atoms with van der Waals surface area (Å²) in [4.78, 5) is 4.04. The number of para-hydroxylation sites is 1. The van der Waals surface area contributed by atoms with Crippen molar-refractivity contribution in [2.45, 2.75) is 11.8 Å². The van der Waals surface area contributed by atoms with Crippen LogP contribution in [0.5, 0.6) is 0 Å². The Morgan fingerprint density at radius 1 is 1.00 bits per heavy atom. The summed E-state index contributed by atoms with van der Waals surface area (Å²) in [5.74, 6) is -0.575. The maximum absolute atomic E-state index is 13.6. The average molecular weight is 375 g/mol. The molecule has 2 aromatic carbocycles. The number of nitrogens with zero attached hydrogens (tertiary/aromatic N) is 1. The number of anilines is 3. The van der Waals surface area contributed by atoms with E-state index in [1.807, 2.05) is 0 Å². The number of hydrogen-bond donors (Lipinski definition) is 2. The minimum absolute atomic E-state index is 0.0209. The summed E-state index contributed by atoms with van der Waals surface area (Å²) < 4.78 is 54.0. The first kappa shape index (κ1) is 17.8. The van der Waals surface area contributed by atoms with Gasteiger partial charge >= 0.3 is 0 Å². The highest BCUT2D eigenvalue weighted by Crippen LogP contribution is 2.22. The molecule has 0 atom stereocenters. The third kappa shape index (κ3) is 3.97. The number of nitrogens with one attached hydrogen (secondary N) is 2. The van der Waals surface area contributed by atoms with Crippen molar-refractivity contribution in [1.82, 2.24) is 4.98 Å². The van der Waals surface area contributed by atoms with E-state index in [0.717, 1.165) is 12.1 Å². The Morgan fingerprint density at radius 2 is 1.77 bits per heavy atom. The van der Waals surface area contributed by atoms with E-state index >= 15 is 0 Å². The van der Waals surface area contributed by atoms with Crippen LogP contribution < -0.4 is 10.0 Å². The Bertz CT molecular complexity index is 1040. The highest BCUT2D eigenvalue weighted by atomic mass is 32.2. The van der Waals surface area contributed by atoms with E-state index in [1.54, 1.807) is 18.2 Å². The molecule has 0 saturated carbocycles. The van der Waals surface area contributed by atoms with Crippen molar-refractivity contribution in [2.24, 2.45) is 0 Å². The first-order valence-corrected chi connectivity index (χ1v) is 9.10. The Kier molecular flexibility index (Phi) is 4.85. The highest BCUT2D eigenvalue weighted by molar-refractivity contribution is 7.92. The van der Waals surface area contributed by atoms with Gasteiger partial charge in [0.05, 0.1) is 22.5 Å². The quantitative estimate of drug-likeness (QED) is 0.701. The molecule has 8 heteroatoms. The first-order valence-electron chi connectivity index (χ1n) is 7.62. The second-order valence-electron chi connectivity index (χ2n) is 5.55. The van der Waals surface area contributed by atoms with E-state index in [9.17, 15) is 17.2 Å². The third-order valence-corrected chi connectivity index (χ3v) is 5.12. The second kappa shape index (κ2) is 7.09. The number of benzene rings is 2. The molecule has 0 spiro atoms. The SMILES string of the molecule is Cc1cc(F)ccc1S(=O)(=O)Nc1ccc(Nc2ccccc2F)nc1. The van der Waals surface area contributed by atoms with Gasteiger partial charge in [-0.15, -0.1) is 0 Å². The first-order chi connectivity index (χ1) is 12.3. The van der Waals surface area contributed by atoms with Crippen molar-refractivity contribution in [2.75, 3.05) is 10.0 Å². The van der Waals surface area contributed by atoms with Crippen LogP contribution in [-0.4, -0.2) is 13.4 Å². The molecule has 0 bridgehead atoms. The summed E-state index contributed by atoms with van der Waals surface area (Å²) in [6.07, 6.45) is 1.31. The molecule has 0 aliphatic rings. The zero-order valence-corrected chi connectivity index (χ0v) is 14.5. The molecule has 2 N–H and O–H groups in total. The molecule has 0 unspecified atom stereocenters. The molecule has 5 nitrogen and oxygen atoms in total. The minimum Gasteiger partial charge on any atom is -0.338 e. The lowest BCUT2D eigenvalue weighted by Crippen LogP contribution is -2.14. The monoisotopic (exact) mass is 375 g/mol. The van der Waals surface area contributed by atoms with Crippen LogP contribution in [0.4, 0.5) is 26.0 Å². The van der Waals surface area contributed by atoms with Gasteiger partial charge in [-0.3, -0.25) is 4.72 Å². The molecule has 3 rings (SSSR count). The van der Waals surface area contributed by atoms with Crippen molar-refractivity contribution in [3.05, 3.63) is 78.0 Å². The zero-order valence-electron chi connectivity index (χ0n) is 13.7. The standard InChI is InChI=1S/C18H15F2N3O2S/c1-12-10-13(19)6-8-17(12)26(24,25)23-14-7-9-18(21-11-14)22-16-5-3-2-4-15(16)20/h2-11,23H,1H3,(H,21,22). The number of halogens is 2. The van der Waals surface area contributed by atoms with Crippen LogP contribution in [0.3, 0.4) is 0 Å². The second-order valence-corrected chi connectivity index (χ2v) is 7.20. The molecule has 134 valence electrons. The average Bonchev–Trinajstić information content (AvgIpc) is 2.58. The lowest BCUT2D eigenvalue weighted by Gasteiger charge is -2.11. The minimum atomic E-state index is -3.88. The van der Waals surface area contributed by atoms with E-state index < -0.39 is 21.7 Å². The molecule has 1 aromatic heterocycles. The van der Waals surface area contributed by atoms with Crippen molar-refractivity contribution in [3.63, 3.8) is 0 Å². The molecule has 26 heavy (non-hydrogen) atoms. The molecule has 0 amide bonds. The van der Waals surface area contributed by atoms with Crippen LogP contribution >= 0.6 is 0 Å². The van der Waals surface area contributed by atoms with Crippen LogP contribution in [-0.2, 0) is 10.0 Å². The molecular weight excluding hydrogens is 360 g/mol. The fourth-order valence-corrected chi connectivity index (χ4v) is 3.62. The fraction of sp³-hybridized carbons (Fsp3) is 0.0556. The predicted octanol–water partition coefficient (Wildman–Crippen LogP) is 4.21. The lowest BCUT2D eigenvalue weighted by molar-refractivity contribution is 0.598. The fourth-order valence-electron chi connectivity index (χ4n) is 2.35. The number of sulfonamides is 1. The number of rotatable bonds is 5. The van der Waals surface area contributed by atoms with E-state index in [2.05, 4.69) is 15.0 Å². The summed E-state index contributed by atoms with van der Waals surface area (Å²) in [5, 5.41) is 2.80. The smallest absolute Gasteiger partial charge is 0.262 e. The molecular formula is C18H15F2N3O2S. The van der Waals surface area contributed by atoms with E-state index in [1.165, 1.54) is 37.4 Å². The largest absolute Gasteiger partial charge is 0.338 e. The van der Waals surface area contributed by atoms with E-state index in [-0.39, 0.29) is 16.3 Å². The van der Waals surface area contributed by atoms with Crippen LogP contribution in [0, 0.1) is 18.6 Å². The Labute approximate surface area is 149 Å². The van der Waals surface area contributed by atoms with Crippen LogP contribution in [0.2, 0.25) is 0 Å². The summed E-state index contributed by atoms with van der Waals surface area (Å²) in [6, 6.07) is 12.6. The maximum atomic E-state index is 13.6. The zero-order chi connectivity index (χ0) is 18.7. The summed E-state index contributed by atoms with van der Waals surface area (Å²) in [5.41, 5.74) is 0.784. The topological polar surface area (TPSA) is 71.1 Å². The van der Waals surface area contributed by atoms with Gasteiger partial charge in [-0.2, -0.15) is 0 Å². The number of pyridine rings is 1. The molecule has 0 radical (unpaired) electrons. The van der Waals surface area contributed by atoms with Crippen molar-refractivity contribution < 1.29 is 17.2 Å². The Balaban J connectivity index is 1.77. The van der Waals surface area contributed by atoms with Crippen LogP contribution in [0.1, 0.15) is 5.56 Å². The number of aryl methyl sites for hydroxylation is 1. The Morgan fingerprint density at radius 3 is 2.42 bits per heavy atom. The third-order valence-electron chi connectivity index (χ3n) is 3.58. The van der Waals surface area contributed by atoms with Gasteiger partial charge in [-0.05, 0) is 55.0 Å². The Hall–Kier alpha value is -3.00. The molecule has 1 heterocycles. The van der Waals surface area contributed by atoms with Gasteiger partial charge < -0.3 is 5.32 Å². The summed E-state index contributed by atoms with van der Waals surface area (Å²) >= 11 is 0. The predicted molar refractivity (Wildman–Crippen MR) is 95.9 cm³/mol. The molecule has 0 saturated heterocycles. The summed E-state index contributed by atoms with van der Waals surface area (Å²) in [7, 11) is -3.88. The van der Waals surface area contributed by atoms with E-state index in [0.29, 0.717) is 11.4 Å². The van der Waals surface area contributed by atoms with Gasteiger partial charge in [-0.25, -0.2) is 22.2 Å². The molecule has 0 aliphatic heterocycles. The molecule has 0 aliphatic carbocycles. The van der Waals surface area contributed by atoms with Gasteiger partial charge in [0.25, 0.3) is 10.0 Å². The van der Waals surface area contributed by atoms with E-state index in [4.69, 9.17) is 0 Å². The van der Waals surface area contributed by atoms with Crippen LogP contribution in [0.15, 0.2) is 65.7 Å². The van der Waals surface area contributed by atoms with Crippen molar-refractivity contribution in [1.29, 1.82) is 0 Å². The van der Waals surface area contributed by atoms with Gasteiger partial charge in [0.1, 0.15) is 17.5 Å². The number of aromatic nitrogens is 1. The van der Waals surface area contributed by atoms with Gasteiger partial charge in [0.15, 0.2) is 0 Å². The molecule has 0 fully saturated rings. The lowest BCUT2D eigenvalue weighted by atomic mass is 10.2.